The molecule has 0 bridgehead atoms. The lowest BCUT2D eigenvalue weighted by atomic mass is 10.2. The Morgan fingerprint density at radius 3 is 2.33 bits per heavy atom. The van der Waals surface area contributed by atoms with Gasteiger partial charge in [-0.15, -0.1) is 0 Å². The molecule has 0 aliphatic rings. The van der Waals surface area contributed by atoms with Gasteiger partial charge in [-0.25, -0.2) is 4.68 Å². The van der Waals surface area contributed by atoms with Gasteiger partial charge < -0.3 is 0 Å². The Morgan fingerprint density at radius 1 is 1.40 bits per heavy atom. The van der Waals surface area contributed by atoms with Crippen molar-refractivity contribution in [2.45, 2.75) is 46.1 Å². The number of hydrogen-bond acceptors (Lipinski definition) is 2. The predicted octanol–water partition coefficient (Wildman–Crippen LogP) is 3.33. The molecule has 3 nitrogen and oxygen atoms in total. The van der Waals surface area contributed by atoms with Crippen LogP contribution in [0.2, 0.25) is 5.15 Å². The molecular weight excluding hydrogens is 210 g/mol. The van der Waals surface area contributed by atoms with E-state index in [4.69, 9.17) is 16.9 Å². The fraction of sp³-hybridized carbons (Fsp3) is 0.636. The van der Waals surface area contributed by atoms with E-state index in [1.165, 1.54) is 0 Å². The minimum Gasteiger partial charge on any atom is -0.249 e. The van der Waals surface area contributed by atoms with Crippen LogP contribution in [-0.4, -0.2) is 9.78 Å². The van der Waals surface area contributed by atoms with Gasteiger partial charge in [-0.05, 0) is 19.3 Å². The molecule has 0 atom stereocenters. The van der Waals surface area contributed by atoms with E-state index in [0.717, 1.165) is 25.0 Å². The predicted molar refractivity (Wildman–Crippen MR) is 60.9 cm³/mol. The molecule has 0 N–H and O–H groups in total. The van der Waals surface area contributed by atoms with E-state index in [1.54, 1.807) is 4.68 Å². The van der Waals surface area contributed by atoms with Crippen molar-refractivity contribution in [1.29, 1.82) is 5.26 Å². The maximum atomic E-state index is 8.98. The monoisotopic (exact) mass is 225 g/mol. The number of aryl methyl sites for hydroxylation is 1. The fourth-order valence-electron chi connectivity index (χ4n) is 1.69. The van der Waals surface area contributed by atoms with Crippen molar-refractivity contribution in [3.8, 4) is 6.07 Å². The Kier molecular flexibility index (Phi) is 4.16. The van der Waals surface area contributed by atoms with Crippen molar-refractivity contribution in [2.24, 2.45) is 0 Å². The summed E-state index contributed by atoms with van der Waals surface area (Å²) >= 11 is 6.14. The van der Waals surface area contributed by atoms with E-state index in [-0.39, 0.29) is 0 Å². The molecular formula is C11H16ClN3. The van der Waals surface area contributed by atoms with Crippen molar-refractivity contribution >= 4 is 11.6 Å². The van der Waals surface area contributed by atoms with E-state index in [0.29, 0.717) is 16.8 Å². The summed E-state index contributed by atoms with van der Waals surface area (Å²) in [5.74, 6) is 0. The molecule has 1 aromatic heterocycles. The molecule has 1 aromatic rings. The highest BCUT2D eigenvalue weighted by Crippen LogP contribution is 2.26. The first kappa shape index (κ1) is 12.1. The molecule has 0 radical (unpaired) electrons. The molecule has 0 saturated heterocycles. The van der Waals surface area contributed by atoms with Crippen molar-refractivity contribution in [3.63, 3.8) is 0 Å². The molecule has 0 spiro atoms. The lowest BCUT2D eigenvalue weighted by Gasteiger charge is -2.13. The van der Waals surface area contributed by atoms with E-state index in [9.17, 15) is 0 Å². The average molecular weight is 226 g/mol. The zero-order valence-electron chi connectivity index (χ0n) is 9.42. The fourth-order valence-corrected chi connectivity index (χ4v) is 2.02. The van der Waals surface area contributed by atoms with Crippen LogP contribution in [0.4, 0.5) is 0 Å². The van der Waals surface area contributed by atoms with Crippen LogP contribution in [0.1, 0.15) is 50.9 Å². The summed E-state index contributed by atoms with van der Waals surface area (Å²) in [5, 5.41) is 13.9. The van der Waals surface area contributed by atoms with Crippen LogP contribution in [0.15, 0.2) is 0 Å². The van der Waals surface area contributed by atoms with Gasteiger partial charge in [0, 0.05) is 0 Å². The van der Waals surface area contributed by atoms with Gasteiger partial charge in [0.05, 0.1) is 11.7 Å². The van der Waals surface area contributed by atoms with Crippen LogP contribution in [-0.2, 0) is 6.42 Å². The van der Waals surface area contributed by atoms with Crippen molar-refractivity contribution < 1.29 is 0 Å². The lowest BCUT2D eigenvalue weighted by molar-refractivity contribution is 0.426. The zero-order chi connectivity index (χ0) is 11.4. The number of rotatable bonds is 4. The van der Waals surface area contributed by atoms with Gasteiger partial charge in [-0.2, -0.15) is 10.4 Å². The summed E-state index contributed by atoms with van der Waals surface area (Å²) in [6, 6.07) is 2.42. The van der Waals surface area contributed by atoms with Gasteiger partial charge in [-0.1, -0.05) is 32.4 Å². The minimum absolute atomic E-state index is 0.296. The Labute approximate surface area is 95.7 Å². The zero-order valence-corrected chi connectivity index (χ0v) is 10.2. The molecule has 0 amide bonds. The third-order valence-corrected chi connectivity index (χ3v) is 3.02. The topological polar surface area (TPSA) is 41.6 Å². The Balaban J connectivity index is 3.21. The highest BCUT2D eigenvalue weighted by atomic mass is 35.5. The molecule has 1 rings (SSSR count). The molecule has 0 aromatic carbocycles. The highest BCUT2D eigenvalue weighted by Gasteiger charge is 2.18. The molecule has 0 unspecified atom stereocenters. The number of halogens is 1. The second kappa shape index (κ2) is 5.18. The van der Waals surface area contributed by atoms with Gasteiger partial charge in [0.1, 0.15) is 16.8 Å². The van der Waals surface area contributed by atoms with Crippen LogP contribution in [0.25, 0.3) is 0 Å². The van der Waals surface area contributed by atoms with Gasteiger partial charge in [-0.3, -0.25) is 0 Å². The largest absolute Gasteiger partial charge is 0.249 e. The first-order valence-corrected chi connectivity index (χ1v) is 5.74. The second-order valence-corrected chi connectivity index (χ2v) is 3.85. The molecule has 0 saturated carbocycles. The normalized spacial score (nSPS) is 10.7. The van der Waals surface area contributed by atoms with E-state index >= 15 is 0 Å². The number of hydrogen-bond donors (Lipinski definition) is 0. The highest BCUT2D eigenvalue weighted by molar-refractivity contribution is 6.30. The SMILES string of the molecule is CCc1nn(C(CC)CC)c(Cl)c1C#N. The van der Waals surface area contributed by atoms with Crippen molar-refractivity contribution in [3.05, 3.63) is 16.4 Å². The summed E-state index contributed by atoms with van der Waals surface area (Å²) in [5.41, 5.74) is 1.33. The lowest BCUT2D eigenvalue weighted by Crippen LogP contribution is -2.09. The second-order valence-electron chi connectivity index (χ2n) is 3.49. The Bertz CT molecular complexity index is 372. The Morgan fingerprint density at radius 2 is 2.00 bits per heavy atom. The van der Waals surface area contributed by atoms with Gasteiger partial charge in [0.2, 0.25) is 0 Å². The van der Waals surface area contributed by atoms with Crippen LogP contribution in [0.3, 0.4) is 0 Å². The third kappa shape index (κ3) is 2.15. The molecule has 4 heteroatoms. The summed E-state index contributed by atoms with van der Waals surface area (Å²) in [6.45, 7) is 6.18. The standard InChI is InChI=1S/C11H16ClN3/c1-4-8(5-2)15-11(12)9(7-13)10(6-3)14-15/h8H,4-6H2,1-3H3. The first-order valence-electron chi connectivity index (χ1n) is 5.36. The summed E-state index contributed by atoms with van der Waals surface area (Å²) in [6.07, 6.45) is 2.70. The molecule has 0 aliphatic heterocycles. The summed E-state index contributed by atoms with van der Waals surface area (Å²) in [7, 11) is 0. The van der Waals surface area contributed by atoms with Crippen LogP contribution < -0.4 is 0 Å². The van der Waals surface area contributed by atoms with Crippen LogP contribution in [0.5, 0.6) is 0 Å². The summed E-state index contributed by atoms with van der Waals surface area (Å²) < 4.78 is 1.79. The number of nitriles is 1. The molecule has 1 heterocycles. The molecule has 15 heavy (non-hydrogen) atoms. The third-order valence-electron chi connectivity index (χ3n) is 2.66. The average Bonchev–Trinajstić information content (AvgIpc) is 2.57. The molecule has 0 fully saturated rings. The van der Waals surface area contributed by atoms with Gasteiger partial charge >= 0.3 is 0 Å². The van der Waals surface area contributed by atoms with Gasteiger partial charge in [0.15, 0.2) is 0 Å². The van der Waals surface area contributed by atoms with Crippen molar-refractivity contribution in [1.82, 2.24) is 9.78 Å². The smallest absolute Gasteiger partial charge is 0.145 e. The number of nitrogens with zero attached hydrogens (tertiary/aromatic N) is 3. The van der Waals surface area contributed by atoms with Crippen LogP contribution >= 0.6 is 11.6 Å². The summed E-state index contributed by atoms with van der Waals surface area (Å²) in [4.78, 5) is 0. The van der Waals surface area contributed by atoms with Gasteiger partial charge in [0.25, 0.3) is 0 Å². The van der Waals surface area contributed by atoms with Crippen LogP contribution in [0, 0.1) is 11.3 Å². The van der Waals surface area contributed by atoms with Crippen molar-refractivity contribution in [2.75, 3.05) is 0 Å². The Hall–Kier alpha value is -1.01. The molecule has 0 aliphatic carbocycles. The maximum Gasteiger partial charge on any atom is 0.145 e. The minimum atomic E-state index is 0.296. The number of aromatic nitrogens is 2. The quantitative estimate of drug-likeness (QED) is 0.789. The molecule has 82 valence electrons. The van der Waals surface area contributed by atoms with E-state index < -0.39 is 0 Å². The van der Waals surface area contributed by atoms with E-state index in [2.05, 4.69) is 25.0 Å². The van der Waals surface area contributed by atoms with E-state index in [1.807, 2.05) is 6.92 Å². The first-order chi connectivity index (χ1) is 7.19. The maximum absolute atomic E-state index is 8.98.